The molecule has 0 N–H and O–H groups in total. The third-order valence-electron chi connectivity index (χ3n) is 3.48. The van der Waals surface area contributed by atoms with Gasteiger partial charge in [-0.3, -0.25) is 4.68 Å². The predicted octanol–water partition coefficient (Wildman–Crippen LogP) is 3.86. The van der Waals surface area contributed by atoms with Crippen molar-refractivity contribution in [3.05, 3.63) is 52.8 Å². The van der Waals surface area contributed by atoms with Crippen LogP contribution in [-0.4, -0.2) is 9.78 Å². The Kier molecular flexibility index (Phi) is 3.13. The fourth-order valence-corrected chi connectivity index (χ4v) is 2.68. The third kappa shape index (κ3) is 2.30. The van der Waals surface area contributed by atoms with Gasteiger partial charge < -0.3 is 0 Å². The summed E-state index contributed by atoms with van der Waals surface area (Å²) in [7, 11) is 0. The Bertz CT molecular complexity index is 555. The van der Waals surface area contributed by atoms with Gasteiger partial charge in [0, 0.05) is 17.2 Å². The molecular weight excluding hydrogens is 244 g/mol. The van der Waals surface area contributed by atoms with Gasteiger partial charge in [-0.05, 0) is 25.3 Å². The highest BCUT2D eigenvalue weighted by atomic mass is 35.5. The average molecular weight is 261 g/mol. The van der Waals surface area contributed by atoms with E-state index in [2.05, 4.69) is 41.0 Å². The lowest BCUT2D eigenvalue weighted by Gasteiger charge is -2.09. The summed E-state index contributed by atoms with van der Waals surface area (Å²) in [6.07, 6.45) is 4.49. The van der Waals surface area contributed by atoms with Gasteiger partial charge in [0.25, 0.3) is 0 Å². The molecule has 0 unspecified atom stereocenters. The van der Waals surface area contributed by atoms with Crippen LogP contribution in [-0.2, 0) is 12.4 Å². The first-order valence-corrected chi connectivity index (χ1v) is 6.97. The van der Waals surface area contributed by atoms with Gasteiger partial charge in [0.2, 0.25) is 0 Å². The molecule has 3 heteroatoms. The van der Waals surface area contributed by atoms with E-state index in [0.29, 0.717) is 11.8 Å². The molecule has 0 amide bonds. The molecule has 3 rings (SSSR count). The van der Waals surface area contributed by atoms with Crippen molar-refractivity contribution in [1.82, 2.24) is 9.78 Å². The van der Waals surface area contributed by atoms with Crippen molar-refractivity contribution in [3.63, 3.8) is 0 Å². The van der Waals surface area contributed by atoms with Crippen LogP contribution in [0.1, 0.15) is 41.1 Å². The number of rotatable bonds is 4. The van der Waals surface area contributed by atoms with E-state index in [9.17, 15) is 0 Å². The summed E-state index contributed by atoms with van der Waals surface area (Å²) in [5, 5.41) is 4.51. The molecule has 18 heavy (non-hydrogen) atoms. The molecule has 0 radical (unpaired) electrons. The summed E-state index contributed by atoms with van der Waals surface area (Å²) in [6.45, 7) is 2.98. The number of hydrogen-bond donors (Lipinski definition) is 0. The second-order valence-electron chi connectivity index (χ2n) is 5.11. The lowest BCUT2D eigenvalue weighted by Crippen LogP contribution is -2.06. The van der Waals surface area contributed by atoms with Gasteiger partial charge in [0.1, 0.15) is 0 Å². The summed E-state index contributed by atoms with van der Waals surface area (Å²) < 4.78 is 2.13. The van der Waals surface area contributed by atoms with Gasteiger partial charge in [-0.2, -0.15) is 5.10 Å². The predicted molar refractivity (Wildman–Crippen MR) is 74.0 cm³/mol. The molecule has 94 valence electrons. The zero-order valence-corrected chi connectivity index (χ0v) is 11.3. The van der Waals surface area contributed by atoms with Crippen LogP contribution in [0, 0.1) is 6.92 Å². The van der Waals surface area contributed by atoms with Crippen LogP contribution in [0.25, 0.3) is 0 Å². The Morgan fingerprint density at radius 2 is 2.22 bits per heavy atom. The quantitative estimate of drug-likeness (QED) is 0.764. The molecule has 1 saturated carbocycles. The zero-order valence-electron chi connectivity index (χ0n) is 10.6. The average Bonchev–Trinajstić information content (AvgIpc) is 3.11. The minimum absolute atomic E-state index is 0.569. The van der Waals surface area contributed by atoms with Gasteiger partial charge in [0.05, 0.1) is 18.6 Å². The molecule has 0 saturated heterocycles. The minimum atomic E-state index is 0.569. The summed E-state index contributed by atoms with van der Waals surface area (Å²) >= 11 is 5.99. The van der Waals surface area contributed by atoms with Gasteiger partial charge in [0.15, 0.2) is 0 Å². The van der Waals surface area contributed by atoms with Crippen molar-refractivity contribution in [2.75, 3.05) is 0 Å². The number of aromatic nitrogens is 2. The fraction of sp³-hybridized carbons (Fsp3) is 0.400. The van der Waals surface area contributed by atoms with Crippen molar-refractivity contribution in [3.8, 4) is 0 Å². The lowest BCUT2D eigenvalue weighted by molar-refractivity contribution is 0.645. The van der Waals surface area contributed by atoms with Gasteiger partial charge >= 0.3 is 0 Å². The first kappa shape index (κ1) is 11.8. The summed E-state index contributed by atoms with van der Waals surface area (Å²) in [5.74, 6) is 1.26. The van der Waals surface area contributed by atoms with E-state index < -0.39 is 0 Å². The van der Waals surface area contributed by atoms with Crippen LogP contribution in [0.15, 0.2) is 30.5 Å². The van der Waals surface area contributed by atoms with Crippen molar-refractivity contribution in [2.24, 2.45) is 0 Å². The number of halogens is 1. The van der Waals surface area contributed by atoms with Crippen molar-refractivity contribution in [2.45, 2.75) is 38.1 Å². The number of benzene rings is 1. The fourth-order valence-electron chi connectivity index (χ4n) is 2.48. The maximum Gasteiger partial charge on any atom is 0.0662 e. The van der Waals surface area contributed by atoms with E-state index in [-0.39, 0.29) is 0 Å². The van der Waals surface area contributed by atoms with E-state index in [1.54, 1.807) is 0 Å². The first-order chi connectivity index (χ1) is 8.78. The third-order valence-corrected chi connectivity index (χ3v) is 3.77. The van der Waals surface area contributed by atoms with Crippen LogP contribution in [0.3, 0.4) is 0 Å². The molecule has 2 nitrogen and oxygen atoms in total. The van der Waals surface area contributed by atoms with E-state index in [1.165, 1.54) is 35.2 Å². The molecule has 0 bridgehead atoms. The highest BCUT2D eigenvalue weighted by Gasteiger charge is 2.29. The number of nitrogens with zero attached hydrogens (tertiary/aromatic N) is 2. The standard InChI is InChI=1S/C15H17ClN2/c1-11-3-2-4-12(7-11)10-18-15(13-5-6-13)14(8-16)9-17-18/h2-4,7,9,13H,5-6,8,10H2,1H3. The molecule has 0 atom stereocenters. The van der Waals surface area contributed by atoms with Crippen LogP contribution in [0.2, 0.25) is 0 Å². The molecule has 1 aromatic heterocycles. The molecule has 1 aliphatic carbocycles. The summed E-state index contributed by atoms with van der Waals surface area (Å²) in [6, 6.07) is 8.61. The molecular formula is C15H17ClN2. The van der Waals surface area contributed by atoms with E-state index in [4.69, 9.17) is 11.6 Å². The van der Waals surface area contributed by atoms with Crippen molar-refractivity contribution in [1.29, 1.82) is 0 Å². The van der Waals surface area contributed by atoms with Crippen LogP contribution >= 0.6 is 11.6 Å². The maximum atomic E-state index is 5.99. The number of alkyl halides is 1. The number of aryl methyl sites for hydroxylation is 1. The van der Waals surface area contributed by atoms with Crippen molar-refractivity contribution >= 4 is 11.6 Å². The highest BCUT2D eigenvalue weighted by molar-refractivity contribution is 6.17. The minimum Gasteiger partial charge on any atom is -0.265 e. The zero-order chi connectivity index (χ0) is 12.5. The Morgan fingerprint density at radius 1 is 1.39 bits per heavy atom. The second kappa shape index (κ2) is 4.77. The van der Waals surface area contributed by atoms with Crippen LogP contribution < -0.4 is 0 Å². The van der Waals surface area contributed by atoms with E-state index >= 15 is 0 Å². The Hall–Kier alpha value is -1.28. The lowest BCUT2D eigenvalue weighted by atomic mass is 10.1. The van der Waals surface area contributed by atoms with Crippen LogP contribution in [0.5, 0.6) is 0 Å². The van der Waals surface area contributed by atoms with E-state index in [0.717, 1.165) is 6.54 Å². The van der Waals surface area contributed by atoms with Gasteiger partial charge in [-0.15, -0.1) is 11.6 Å². The van der Waals surface area contributed by atoms with Crippen LogP contribution in [0.4, 0.5) is 0 Å². The Balaban J connectivity index is 1.90. The second-order valence-corrected chi connectivity index (χ2v) is 5.38. The topological polar surface area (TPSA) is 17.8 Å². The smallest absolute Gasteiger partial charge is 0.0662 e. The SMILES string of the molecule is Cc1cccc(Cn2ncc(CCl)c2C2CC2)c1. The molecule has 1 fully saturated rings. The molecule has 1 aromatic carbocycles. The summed E-state index contributed by atoms with van der Waals surface area (Å²) in [5.41, 5.74) is 5.16. The summed E-state index contributed by atoms with van der Waals surface area (Å²) in [4.78, 5) is 0. The molecule has 0 aliphatic heterocycles. The number of hydrogen-bond acceptors (Lipinski definition) is 1. The van der Waals surface area contributed by atoms with Crippen molar-refractivity contribution < 1.29 is 0 Å². The van der Waals surface area contributed by atoms with E-state index in [1.807, 2.05) is 6.20 Å². The molecule has 1 heterocycles. The monoisotopic (exact) mass is 260 g/mol. The maximum absolute atomic E-state index is 5.99. The largest absolute Gasteiger partial charge is 0.265 e. The first-order valence-electron chi connectivity index (χ1n) is 6.44. The van der Waals surface area contributed by atoms with Gasteiger partial charge in [-0.1, -0.05) is 29.8 Å². The van der Waals surface area contributed by atoms with Gasteiger partial charge in [-0.25, -0.2) is 0 Å². The molecule has 1 aliphatic rings. The molecule has 2 aromatic rings. The Morgan fingerprint density at radius 3 is 2.89 bits per heavy atom. The Labute approximate surface area is 113 Å². The normalized spacial score (nSPS) is 15.0. The highest BCUT2D eigenvalue weighted by Crippen LogP contribution is 2.42. The molecule has 0 spiro atoms.